The molecule has 0 radical (unpaired) electrons. The Morgan fingerprint density at radius 1 is 1.58 bits per heavy atom. The van der Waals surface area contributed by atoms with Crippen molar-refractivity contribution in [2.75, 3.05) is 12.3 Å². The number of nitrogens with two attached hydrogens (primary N) is 2. The van der Waals surface area contributed by atoms with Crippen LogP contribution >= 0.6 is 0 Å². The van der Waals surface area contributed by atoms with E-state index in [1.54, 1.807) is 10.8 Å². The number of hydrogen-bond acceptors (Lipinski definition) is 4. The van der Waals surface area contributed by atoms with Gasteiger partial charge in [0.25, 0.3) is 0 Å². The number of aromatic nitrogens is 4. The number of hydrogen-bond donors (Lipinski definition) is 3. The van der Waals surface area contributed by atoms with Gasteiger partial charge in [0.05, 0.1) is 5.69 Å². The van der Waals surface area contributed by atoms with Crippen LogP contribution in [0.1, 0.15) is 5.82 Å². The van der Waals surface area contributed by atoms with Gasteiger partial charge in [-0.3, -0.25) is 5.10 Å². The molecule has 0 fully saturated rings. The minimum atomic E-state index is 0.549. The van der Waals surface area contributed by atoms with E-state index >= 15 is 0 Å². The zero-order valence-corrected chi connectivity index (χ0v) is 6.49. The first-order valence-electron chi connectivity index (χ1n) is 3.70. The summed E-state index contributed by atoms with van der Waals surface area (Å²) in [7, 11) is 0. The fraction of sp³-hybridized carbons (Fsp3) is 0.333. The largest absolute Gasteiger partial charge is 0.394 e. The number of anilines is 1. The number of rotatable bonds is 2. The number of H-pyrrole nitrogens is 1. The van der Waals surface area contributed by atoms with Gasteiger partial charge in [0.1, 0.15) is 0 Å². The van der Waals surface area contributed by atoms with E-state index in [0.717, 1.165) is 5.82 Å². The molecular formula is C6H10N6. The lowest BCUT2D eigenvalue weighted by atomic mass is 10.4. The van der Waals surface area contributed by atoms with Crippen LogP contribution in [0.2, 0.25) is 0 Å². The molecule has 5 N–H and O–H groups in total. The van der Waals surface area contributed by atoms with Crippen LogP contribution < -0.4 is 11.5 Å². The quantitative estimate of drug-likeness (QED) is 0.540. The SMILES string of the molecule is NCCc1nc2c(N)c[nH]n2n1. The molecule has 0 aromatic carbocycles. The molecule has 6 nitrogen and oxygen atoms in total. The second-order valence-corrected chi connectivity index (χ2v) is 2.53. The van der Waals surface area contributed by atoms with Gasteiger partial charge < -0.3 is 11.5 Å². The van der Waals surface area contributed by atoms with E-state index in [1.165, 1.54) is 0 Å². The molecule has 12 heavy (non-hydrogen) atoms. The normalized spacial score (nSPS) is 11.1. The Morgan fingerprint density at radius 2 is 2.42 bits per heavy atom. The van der Waals surface area contributed by atoms with Gasteiger partial charge in [-0.2, -0.15) is 4.63 Å². The highest BCUT2D eigenvalue weighted by Crippen LogP contribution is 2.08. The van der Waals surface area contributed by atoms with E-state index in [-0.39, 0.29) is 0 Å². The molecule has 0 saturated carbocycles. The highest BCUT2D eigenvalue weighted by Gasteiger charge is 2.05. The van der Waals surface area contributed by atoms with Crippen molar-refractivity contribution in [3.05, 3.63) is 12.0 Å². The fourth-order valence-electron chi connectivity index (χ4n) is 1.06. The number of nitrogen functional groups attached to an aromatic ring is 1. The molecule has 0 unspecified atom stereocenters. The number of aromatic amines is 1. The zero-order chi connectivity index (χ0) is 8.55. The Hall–Kier alpha value is -1.56. The van der Waals surface area contributed by atoms with E-state index in [9.17, 15) is 0 Å². The Kier molecular flexibility index (Phi) is 1.47. The van der Waals surface area contributed by atoms with Gasteiger partial charge in [0.2, 0.25) is 0 Å². The van der Waals surface area contributed by atoms with Crippen LogP contribution in [0, 0.1) is 0 Å². The van der Waals surface area contributed by atoms with E-state index in [2.05, 4.69) is 15.2 Å². The lowest BCUT2D eigenvalue weighted by Gasteiger charge is -1.85. The van der Waals surface area contributed by atoms with Crippen molar-refractivity contribution in [1.29, 1.82) is 0 Å². The first kappa shape index (κ1) is 7.11. The van der Waals surface area contributed by atoms with Crippen LogP contribution in [0.25, 0.3) is 5.65 Å². The van der Waals surface area contributed by atoms with Gasteiger partial charge in [-0.25, -0.2) is 4.98 Å². The predicted molar refractivity (Wildman–Crippen MR) is 44.5 cm³/mol. The molecule has 2 aromatic heterocycles. The molecule has 0 aliphatic heterocycles. The molecule has 0 aliphatic rings. The Balaban J connectivity index is 2.48. The van der Waals surface area contributed by atoms with Crippen molar-refractivity contribution < 1.29 is 0 Å². The minimum Gasteiger partial charge on any atom is -0.394 e. The van der Waals surface area contributed by atoms with Gasteiger partial charge >= 0.3 is 0 Å². The summed E-state index contributed by atoms with van der Waals surface area (Å²) in [5.74, 6) is 0.719. The maximum atomic E-state index is 5.60. The van der Waals surface area contributed by atoms with Gasteiger partial charge in [0, 0.05) is 12.6 Å². The van der Waals surface area contributed by atoms with Gasteiger partial charge in [-0.05, 0) is 6.54 Å². The molecule has 2 heterocycles. The lowest BCUT2D eigenvalue weighted by molar-refractivity contribution is 0.775. The second-order valence-electron chi connectivity index (χ2n) is 2.53. The molecule has 0 spiro atoms. The molecule has 0 atom stereocenters. The third kappa shape index (κ3) is 0.928. The highest BCUT2D eigenvalue weighted by atomic mass is 15.5. The Morgan fingerprint density at radius 3 is 3.08 bits per heavy atom. The third-order valence-electron chi connectivity index (χ3n) is 1.62. The number of nitrogens with zero attached hydrogens (tertiary/aromatic N) is 3. The molecule has 0 saturated heterocycles. The molecule has 6 heteroatoms. The second kappa shape index (κ2) is 2.49. The molecule has 64 valence electrons. The smallest absolute Gasteiger partial charge is 0.198 e. The van der Waals surface area contributed by atoms with Crippen LogP contribution in [0.4, 0.5) is 5.69 Å². The van der Waals surface area contributed by atoms with Crippen molar-refractivity contribution in [3.8, 4) is 0 Å². The average Bonchev–Trinajstić information content (AvgIpc) is 2.55. The first-order chi connectivity index (χ1) is 5.81. The maximum absolute atomic E-state index is 5.60. The fourth-order valence-corrected chi connectivity index (χ4v) is 1.06. The predicted octanol–water partition coefficient (Wildman–Crippen LogP) is -0.859. The molecule has 2 aromatic rings. The van der Waals surface area contributed by atoms with Gasteiger partial charge in [-0.1, -0.05) is 0 Å². The minimum absolute atomic E-state index is 0.549. The van der Waals surface area contributed by atoms with E-state index < -0.39 is 0 Å². The monoisotopic (exact) mass is 166 g/mol. The third-order valence-corrected chi connectivity index (χ3v) is 1.62. The van der Waals surface area contributed by atoms with Crippen molar-refractivity contribution in [1.82, 2.24) is 19.8 Å². The highest BCUT2D eigenvalue weighted by molar-refractivity contribution is 5.62. The summed E-state index contributed by atoms with van der Waals surface area (Å²) in [6.07, 6.45) is 2.33. The Bertz CT molecular complexity index is 386. The topological polar surface area (TPSA) is 98.0 Å². The number of nitrogens with one attached hydrogen (secondary N) is 1. The maximum Gasteiger partial charge on any atom is 0.198 e. The van der Waals surface area contributed by atoms with Crippen molar-refractivity contribution in [3.63, 3.8) is 0 Å². The van der Waals surface area contributed by atoms with Crippen LogP contribution in [0.3, 0.4) is 0 Å². The van der Waals surface area contributed by atoms with Gasteiger partial charge in [-0.15, -0.1) is 5.10 Å². The van der Waals surface area contributed by atoms with Crippen molar-refractivity contribution in [2.24, 2.45) is 5.73 Å². The number of fused-ring (bicyclic) bond motifs is 1. The summed E-state index contributed by atoms with van der Waals surface area (Å²) in [4.78, 5) is 4.18. The van der Waals surface area contributed by atoms with Crippen LogP contribution in [-0.2, 0) is 6.42 Å². The lowest BCUT2D eigenvalue weighted by Crippen LogP contribution is -2.04. The summed E-state index contributed by atoms with van der Waals surface area (Å²) in [5.41, 5.74) is 12.2. The Labute approximate surface area is 68.5 Å². The molecule has 2 rings (SSSR count). The van der Waals surface area contributed by atoms with E-state index in [1.807, 2.05) is 0 Å². The van der Waals surface area contributed by atoms with Crippen molar-refractivity contribution >= 4 is 11.3 Å². The summed E-state index contributed by atoms with van der Waals surface area (Å²) in [6.45, 7) is 0.549. The van der Waals surface area contributed by atoms with Crippen molar-refractivity contribution in [2.45, 2.75) is 6.42 Å². The van der Waals surface area contributed by atoms with Crippen LogP contribution in [0.5, 0.6) is 0 Å². The molecule has 0 amide bonds. The standard InChI is InChI=1S/C6H10N6/c7-2-1-5-10-6-4(8)3-9-12(6)11-5/h3,9H,1-2,7-8H2. The first-order valence-corrected chi connectivity index (χ1v) is 3.70. The molecule has 0 bridgehead atoms. The summed E-state index contributed by atoms with van der Waals surface area (Å²) in [5, 5.41) is 6.96. The van der Waals surface area contributed by atoms with E-state index in [4.69, 9.17) is 11.5 Å². The molecular weight excluding hydrogens is 156 g/mol. The van der Waals surface area contributed by atoms with Crippen LogP contribution in [-0.4, -0.2) is 26.4 Å². The summed E-state index contributed by atoms with van der Waals surface area (Å²) < 4.78 is 1.54. The van der Waals surface area contributed by atoms with Gasteiger partial charge in [0.15, 0.2) is 11.5 Å². The average molecular weight is 166 g/mol. The summed E-state index contributed by atoms with van der Waals surface area (Å²) in [6, 6.07) is 0. The summed E-state index contributed by atoms with van der Waals surface area (Å²) >= 11 is 0. The van der Waals surface area contributed by atoms with E-state index in [0.29, 0.717) is 24.3 Å². The zero-order valence-electron chi connectivity index (χ0n) is 6.49. The van der Waals surface area contributed by atoms with Crippen LogP contribution in [0.15, 0.2) is 6.20 Å². The molecule has 0 aliphatic carbocycles.